The van der Waals surface area contributed by atoms with Gasteiger partial charge in [-0.25, -0.2) is 4.98 Å². The Balaban J connectivity index is 2.28. The quantitative estimate of drug-likeness (QED) is 0.567. The zero-order valence-corrected chi connectivity index (χ0v) is 7.97. The molecule has 1 aromatic rings. The molecule has 0 aliphatic carbocycles. The van der Waals surface area contributed by atoms with E-state index in [9.17, 15) is 0 Å². The minimum Gasteiger partial charge on any atom is -0.387 e. The van der Waals surface area contributed by atoms with Gasteiger partial charge in [0.05, 0.1) is 17.0 Å². The molecular weight excluding hydrogens is 170 g/mol. The molecule has 3 nitrogen and oxygen atoms in total. The molecule has 1 heterocycles. The van der Waals surface area contributed by atoms with Gasteiger partial charge in [0.15, 0.2) is 0 Å². The molecule has 0 radical (unpaired) electrons. The van der Waals surface area contributed by atoms with Crippen LogP contribution in [0.15, 0.2) is 15.9 Å². The first-order chi connectivity index (χ1) is 5.83. The maximum Gasteiger partial charge on any atom is 0.0934 e. The molecule has 0 aliphatic heterocycles. The van der Waals surface area contributed by atoms with E-state index in [0.717, 1.165) is 30.9 Å². The smallest absolute Gasteiger partial charge is 0.0934 e. The highest BCUT2D eigenvalue weighted by Crippen LogP contribution is 2.01. The van der Waals surface area contributed by atoms with E-state index in [1.807, 2.05) is 17.8 Å². The average Bonchev–Trinajstić information content (AvgIpc) is 2.57. The van der Waals surface area contributed by atoms with E-state index in [1.165, 1.54) is 0 Å². The van der Waals surface area contributed by atoms with Crippen LogP contribution in [0.2, 0.25) is 0 Å². The van der Waals surface area contributed by atoms with Gasteiger partial charge in [-0.2, -0.15) is 0 Å². The van der Waals surface area contributed by atoms with E-state index in [-0.39, 0.29) is 0 Å². The zero-order valence-electron chi connectivity index (χ0n) is 7.16. The predicted octanol–water partition coefficient (Wildman–Crippen LogP) is 1.45. The van der Waals surface area contributed by atoms with E-state index in [1.54, 1.807) is 11.3 Å². The molecule has 66 valence electrons. The third kappa shape index (κ3) is 3.00. The van der Waals surface area contributed by atoms with Crippen molar-refractivity contribution in [2.75, 3.05) is 6.54 Å². The normalized spacial score (nSPS) is 11.9. The topological polar surface area (TPSA) is 51.3 Å². The Bertz CT molecular complexity index is 241. The van der Waals surface area contributed by atoms with Crippen molar-refractivity contribution in [2.24, 2.45) is 10.7 Å². The molecule has 0 saturated heterocycles. The Morgan fingerprint density at radius 2 is 2.58 bits per heavy atom. The van der Waals surface area contributed by atoms with Crippen LogP contribution in [-0.2, 0) is 6.42 Å². The molecule has 12 heavy (non-hydrogen) atoms. The highest BCUT2D eigenvalue weighted by Gasteiger charge is 1.93. The average molecular weight is 183 g/mol. The van der Waals surface area contributed by atoms with E-state index in [4.69, 9.17) is 5.73 Å². The van der Waals surface area contributed by atoms with Crippen molar-refractivity contribution in [1.29, 1.82) is 0 Å². The lowest BCUT2D eigenvalue weighted by Gasteiger charge is -1.94. The Morgan fingerprint density at radius 3 is 3.17 bits per heavy atom. The summed E-state index contributed by atoms with van der Waals surface area (Å²) >= 11 is 1.61. The third-order valence-electron chi connectivity index (χ3n) is 1.53. The highest BCUT2D eigenvalue weighted by atomic mass is 32.1. The first kappa shape index (κ1) is 9.19. The van der Waals surface area contributed by atoms with Crippen molar-refractivity contribution in [3.63, 3.8) is 0 Å². The maximum absolute atomic E-state index is 5.54. The van der Waals surface area contributed by atoms with Crippen LogP contribution in [0, 0.1) is 0 Å². The lowest BCUT2D eigenvalue weighted by atomic mass is 10.3. The van der Waals surface area contributed by atoms with Crippen LogP contribution in [0.1, 0.15) is 19.0 Å². The van der Waals surface area contributed by atoms with Gasteiger partial charge in [-0.05, 0) is 0 Å². The van der Waals surface area contributed by atoms with E-state index in [2.05, 4.69) is 9.98 Å². The molecule has 0 spiro atoms. The van der Waals surface area contributed by atoms with Gasteiger partial charge in [-0.1, -0.05) is 6.92 Å². The molecule has 0 aromatic carbocycles. The largest absolute Gasteiger partial charge is 0.387 e. The summed E-state index contributed by atoms with van der Waals surface area (Å²) in [4.78, 5) is 8.32. The van der Waals surface area contributed by atoms with Crippen LogP contribution in [0.3, 0.4) is 0 Å². The molecule has 0 fully saturated rings. The van der Waals surface area contributed by atoms with Gasteiger partial charge in [0.1, 0.15) is 0 Å². The Morgan fingerprint density at radius 1 is 1.75 bits per heavy atom. The molecule has 4 heteroatoms. The van der Waals surface area contributed by atoms with E-state index < -0.39 is 0 Å². The second-order valence-electron chi connectivity index (χ2n) is 2.46. The van der Waals surface area contributed by atoms with Gasteiger partial charge in [-0.3, -0.25) is 4.99 Å². The molecule has 1 rings (SSSR count). The summed E-state index contributed by atoms with van der Waals surface area (Å²) in [6.45, 7) is 2.76. The molecular formula is C8H13N3S. The number of nitrogens with two attached hydrogens (primary N) is 1. The summed E-state index contributed by atoms with van der Waals surface area (Å²) < 4.78 is 0. The van der Waals surface area contributed by atoms with Crippen molar-refractivity contribution in [1.82, 2.24) is 4.98 Å². The lowest BCUT2D eigenvalue weighted by molar-refractivity contribution is 0.926. The second kappa shape index (κ2) is 4.87. The molecule has 2 N–H and O–H groups in total. The number of nitrogens with zero attached hydrogens (tertiary/aromatic N) is 2. The SMILES string of the molecule is CCC(N)=NCCc1cscn1. The summed E-state index contributed by atoms with van der Waals surface area (Å²) in [5.41, 5.74) is 8.48. The fraction of sp³-hybridized carbons (Fsp3) is 0.500. The fourth-order valence-electron chi connectivity index (χ4n) is 0.787. The molecule has 0 saturated carbocycles. The fourth-order valence-corrected chi connectivity index (χ4v) is 1.38. The number of thiazole rings is 1. The maximum atomic E-state index is 5.54. The Hall–Kier alpha value is -0.900. The number of hydrogen-bond acceptors (Lipinski definition) is 3. The zero-order chi connectivity index (χ0) is 8.81. The van der Waals surface area contributed by atoms with Crippen LogP contribution < -0.4 is 5.73 Å². The van der Waals surface area contributed by atoms with Crippen LogP contribution in [-0.4, -0.2) is 17.4 Å². The third-order valence-corrected chi connectivity index (χ3v) is 2.16. The number of amidine groups is 1. The molecule has 0 bridgehead atoms. The van der Waals surface area contributed by atoms with E-state index in [0.29, 0.717) is 0 Å². The van der Waals surface area contributed by atoms with E-state index >= 15 is 0 Å². The highest BCUT2D eigenvalue weighted by molar-refractivity contribution is 7.07. The number of hydrogen-bond donors (Lipinski definition) is 1. The van der Waals surface area contributed by atoms with Crippen LogP contribution in [0.25, 0.3) is 0 Å². The minimum absolute atomic E-state index is 0.727. The van der Waals surface area contributed by atoms with Crippen LogP contribution in [0.4, 0.5) is 0 Å². The van der Waals surface area contributed by atoms with Crippen LogP contribution >= 0.6 is 11.3 Å². The predicted molar refractivity (Wildman–Crippen MR) is 52.6 cm³/mol. The first-order valence-corrected chi connectivity index (χ1v) is 4.93. The molecule has 0 atom stereocenters. The summed E-state index contributed by atoms with van der Waals surface area (Å²) in [7, 11) is 0. The van der Waals surface area contributed by atoms with Gasteiger partial charge in [0, 0.05) is 24.8 Å². The van der Waals surface area contributed by atoms with Crippen LogP contribution in [0.5, 0.6) is 0 Å². The minimum atomic E-state index is 0.727. The van der Waals surface area contributed by atoms with Crippen molar-refractivity contribution in [3.8, 4) is 0 Å². The van der Waals surface area contributed by atoms with Gasteiger partial charge >= 0.3 is 0 Å². The molecule has 0 unspecified atom stereocenters. The van der Waals surface area contributed by atoms with Crippen molar-refractivity contribution >= 4 is 17.2 Å². The summed E-state index contributed by atoms with van der Waals surface area (Å²) in [6.07, 6.45) is 1.72. The standard InChI is InChI=1S/C8H13N3S/c1-2-8(9)10-4-3-7-5-12-6-11-7/h5-6H,2-4H2,1H3,(H2,9,10). The molecule has 0 aliphatic rings. The van der Waals surface area contributed by atoms with Crippen molar-refractivity contribution < 1.29 is 0 Å². The summed E-state index contributed by atoms with van der Waals surface area (Å²) in [5.74, 6) is 0.727. The Labute approximate surface area is 76.4 Å². The van der Waals surface area contributed by atoms with Gasteiger partial charge in [0.2, 0.25) is 0 Å². The summed E-state index contributed by atoms with van der Waals surface area (Å²) in [6, 6.07) is 0. The second-order valence-corrected chi connectivity index (χ2v) is 3.18. The molecule has 1 aromatic heterocycles. The molecule has 0 amide bonds. The van der Waals surface area contributed by atoms with Crippen molar-refractivity contribution in [2.45, 2.75) is 19.8 Å². The number of aliphatic imine (C=N–C) groups is 1. The van der Waals surface area contributed by atoms with Gasteiger partial charge in [0.25, 0.3) is 0 Å². The summed E-state index contributed by atoms with van der Waals surface area (Å²) in [5, 5.41) is 2.04. The number of rotatable bonds is 4. The van der Waals surface area contributed by atoms with Gasteiger partial charge < -0.3 is 5.73 Å². The Kier molecular flexibility index (Phi) is 3.73. The lowest BCUT2D eigenvalue weighted by Crippen LogP contribution is -2.10. The number of aromatic nitrogens is 1. The first-order valence-electron chi connectivity index (χ1n) is 3.98. The van der Waals surface area contributed by atoms with Gasteiger partial charge in [-0.15, -0.1) is 11.3 Å². The van der Waals surface area contributed by atoms with Crippen molar-refractivity contribution in [3.05, 3.63) is 16.6 Å². The monoisotopic (exact) mass is 183 g/mol.